The number of piperazine rings is 1. The molecule has 4 rings (SSSR count). The van der Waals surface area contributed by atoms with Gasteiger partial charge in [0.2, 0.25) is 0 Å². The minimum absolute atomic E-state index is 0.651. The van der Waals surface area contributed by atoms with Gasteiger partial charge >= 0.3 is 0 Å². The normalized spacial score (nSPS) is 15.7. The zero-order valence-corrected chi connectivity index (χ0v) is 14.9. The predicted molar refractivity (Wildman–Crippen MR) is 102 cm³/mol. The maximum Gasteiger partial charge on any atom is 0.160 e. The van der Waals surface area contributed by atoms with Crippen LogP contribution in [-0.2, 0) is 0 Å². The molecular weight excluding hydrogens is 336 g/mol. The molecule has 0 unspecified atom stereocenters. The molecule has 0 radical (unpaired) electrons. The van der Waals surface area contributed by atoms with E-state index in [0.29, 0.717) is 5.02 Å². The maximum atomic E-state index is 6.18. The second-order valence-corrected chi connectivity index (χ2v) is 6.61. The predicted octanol–water partition coefficient (Wildman–Crippen LogP) is 3.27. The van der Waals surface area contributed by atoms with Gasteiger partial charge < -0.3 is 19.5 Å². The van der Waals surface area contributed by atoms with E-state index in [2.05, 4.69) is 38.1 Å². The number of halogens is 1. The highest BCUT2D eigenvalue weighted by Gasteiger charge is 2.16. The van der Waals surface area contributed by atoms with E-state index in [9.17, 15) is 0 Å². The first-order chi connectivity index (χ1) is 12.2. The third kappa shape index (κ3) is 3.41. The summed E-state index contributed by atoms with van der Waals surface area (Å²) >= 11 is 6.18. The second kappa shape index (κ2) is 6.90. The summed E-state index contributed by atoms with van der Waals surface area (Å²) in [5.74, 6) is 0.781. The number of rotatable bonds is 4. The Morgan fingerprint density at radius 3 is 2.72 bits per heavy atom. The van der Waals surface area contributed by atoms with Gasteiger partial charge in [-0.25, -0.2) is 9.97 Å². The lowest BCUT2D eigenvalue weighted by atomic mass is 10.2. The number of pyridine rings is 2. The summed E-state index contributed by atoms with van der Waals surface area (Å²) in [5, 5.41) is 3.97. The number of aromatic nitrogens is 3. The van der Waals surface area contributed by atoms with Crippen LogP contribution in [0.4, 0.5) is 17.2 Å². The third-order valence-electron chi connectivity index (χ3n) is 4.65. The van der Waals surface area contributed by atoms with Gasteiger partial charge in [0.25, 0.3) is 0 Å². The molecule has 4 heterocycles. The largest absolute Gasteiger partial charge is 0.368 e. The van der Waals surface area contributed by atoms with Crippen LogP contribution in [0.3, 0.4) is 0 Å². The molecule has 0 aliphatic carbocycles. The second-order valence-electron chi connectivity index (χ2n) is 6.18. The summed E-state index contributed by atoms with van der Waals surface area (Å²) < 4.78 is 1.90. The van der Waals surface area contributed by atoms with Crippen LogP contribution in [0.15, 0.2) is 43.0 Å². The fraction of sp³-hybridized carbons (Fsp3) is 0.333. The number of nitrogens with zero attached hydrogens (tertiary/aromatic N) is 5. The Bertz CT molecular complexity index is 852. The molecule has 25 heavy (non-hydrogen) atoms. The number of nitrogens with one attached hydrogen (secondary N) is 1. The van der Waals surface area contributed by atoms with E-state index in [0.717, 1.165) is 49.9 Å². The van der Waals surface area contributed by atoms with Gasteiger partial charge in [-0.1, -0.05) is 18.5 Å². The molecule has 1 aliphatic heterocycles. The highest BCUT2D eigenvalue weighted by molar-refractivity contribution is 6.30. The number of imidazole rings is 1. The number of hydrogen-bond donors (Lipinski definition) is 1. The summed E-state index contributed by atoms with van der Waals surface area (Å²) in [6.45, 7) is 7.64. The molecule has 0 bridgehead atoms. The van der Waals surface area contributed by atoms with Crippen molar-refractivity contribution < 1.29 is 0 Å². The van der Waals surface area contributed by atoms with Gasteiger partial charge in [0.1, 0.15) is 5.82 Å². The topological polar surface area (TPSA) is 48.7 Å². The molecule has 3 aromatic heterocycles. The minimum atomic E-state index is 0.651. The first-order valence-corrected chi connectivity index (χ1v) is 8.93. The fourth-order valence-electron chi connectivity index (χ4n) is 3.20. The zero-order chi connectivity index (χ0) is 17.2. The molecule has 0 aromatic carbocycles. The Morgan fingerprint density at radius 2 is 2.00 bits per heavy atom. The lowest BCUT2D eigenvalue weighted by Crippen LogP contribution is -2.46. The smallest absolute Gasteiger partial charge is 0.160 e. The molecular formula is C18H21ClN6. The van der Waals surface area contributed by atoms with Crippen LogP contribution >= 0.6 is 11.6 Å². The van der Waals surface area contributed by atoms with Gasteiger partial charge in [0.05, 0.1) is 22.6 Å². The Morgan fingerprint density at radius 1 is 1.16 bits per heavy atom. The highest BCUT2D eigenvalue weighted by Crippen LogP contribution is 2.25. The molecule has 7 heteroatoms. The Kier molecular flexibility index (Phi) is 4.46. The molecule has 1 saturated heterocycles. The molecule has 0 saturated carbocycles. The summed E-state index contributed by atoms with van der Waals surface area (Å²) in [6.07, 6.45) is 7.39. The van der Waals surface area contributed by atoms with E-state index in [1.165, 1.54) is 5.69 Å². The van der Waals surface area contributed by atoms with Gasteiger partial charge in [-0.3, -0.25) is 0 Å². The van der Waals surface area contributed by atoms with Crippen molar-refractivity contribution in [1.29, 1.82) is 0 Å². The van der Waals surface area contributed by atoms with Crippen molar-refractivity contribution in [3.63, 3.8) is 0 Å². The highest BCUT2D eigenvalue weighted by atomic mass is 35.5. The van der Waals surface area contributed by atoms with E-state index in [1.807, 2.05) is 35.1 Å². The molecule has 1 N–H and O–H groups in total. The van der Waals surface area contributed by atoms with Crippen LogP contribution in [0.1, 0.15) is 6.92 Å². The van der Waals surface area contributed by atoms with E-state index >= 15 is 0 Å². The lowest BCUT2D eigenvalue weighted by Gasteiger charge is -2.35. The monoisotopic (exact) mass is 356 g/mol. The molecule has 0 atom stereocenters. The first kappa shape index (κ1) is 16.2. The van der Waals surface area contributed by atoms with Crippen LogP contribution in [0.5, 0.6) is 0 Å². The molecule has 130 valence electrons. The van der Waals surface area contributed by atoms with Gasteiger partial charge in [0.15, 0.2) is 5.65 Å². The van der Waals surface area contributed by atoms with E-state index in [1.54, 1.807) is 6.20 Å². The quantitative estimate of drug-likeness (QED) is 0.777. The molecule has 0 spiro atoms. The standard InChI is InChI=1S/C18H21ClN6/c1-2-23-7-9-24(10-8-23)15-3-4-17(21-12-15)22-16-11-14(19)13-25-6-5-20-18(16)25/h3-6,11-13H,2,7-10H2,1H3,(H,21,22). The number of fused-ring (bicyclic) bond motifs is 1. The molecule has 1 fully saturated rings. The number of likely N-dealkylation sites (N-methyl/N-ethyl adjacent to an activating group) is 1. The number of anilines is 3. The van der Waals surface area contributed by atoms with Crippen LogP contribution in [0.2, 0.25) is 5.02 Å². The van der Waals surface area contributed by atoms with Gasteiger partial charge in [-0.05, 0) is 24.7 Å². The maximum absolute atomic E-state index is 6.18. The average molecular weight is 357 g/mol. The van der Waals surface area contributed by atoms with E-state index in [-0.39, 0.29) is 0 Å². The average Bonchev–Trinajstić information content (AvgIpc) is 3.11. The Balaban J connectivity index is 1.50. The number of hydrogen-bond acceptors (Lipinski definition) is 5. The van der Waals surface area contributed by atoms with Crippen molar-refractivity contribution in [2.75, 3.05) is 42.9 Å². The van der Waals surface area contributed by atoms with E-state index < -0.39 is 0 Å². The van der Waals surface area contributed by atoms with Crippen molar-refractivity contribution in [3.8, 4) is 0 Å². The molecule has 0 amide bonds. The third-order valence-corrected chi connectivity index (χ3v) is 4.86. The summed E-state index contributed by atoms with van der Waals surface area (Å²) in [7, 11) is 0. The first-order valence-electron chi connectivity index (χ1n) is 8.55. The summed E-state index contributed by atoms with van der Waals surface area (Å²) in [6, 6.07) is 5.98. The summed E-state index contributed by atoms with van der Waals surface area (Å²) in [5.41, 5.74) is 2.83. The zero-order valence-electron chi connectivity index (χ0n) is 14.2. The molecule has 1 aliphatic rings. The van der Waals surface area contributed by atoms with Crippen molar-refractivity contribution >= 4 is 34.4 Å². The van der Waals surface area contributed by atoms with Crippen molar-refractivity contribution in [2.24, 2.45) is 0 Å². The van der Waals surface area contributed by atoms with Crippen LogP contribution in [0, 0.1) is 0 Å². The van der Waals surface area contributed by atoms with Crippen LogP contribution < -0.4 is 10.2 Å². The van der Waals surface area contributed by atoms with Gasteiger partial charge in [-0.2, -0.15) is 0 Å². The molecule has 3 aromatic rings. The van der Waals surface area contributed by atoms with Gasteiger partial charge in [0, 0.05) is 44.8 Å². The van der Waals surface area contributed by atoms with Crippen LogP contribution in [-0.4, -0.2) is 52.0 Å². The summed E-state index contributed by atoms with van der Waals surface area (Å²) in [4.78, 5) is 13.8. The van der Waals surface area contributed by atoms with Crippen molar-refractivity contribution in [1.82, 2.24) is 19.3 Å². The van der Waals surface area contributed by atoms with Gasteiger partial charge in [-0.15, -0.1) is 0 Å². The van der Waals surface area contributed by atoms with E-state index in [4.69, 9.17) is 11.6 Å². The Labute approximate surface area is 152 Å². The Hall–Kier alpha value is -2.31. The fourth-order valence-corrected chi connectivity index (χ4v) is 3.41. The van der Waals surface area contributed by atoms with Crippen molar-refractivity contribution in [2.45, 2.75) is 6.92 Å². The molecule has 6 nitrogen and oxygen atoms in total. The van der Waals surface area contributed by atoms with Crippen LogP contribution in [0.25, 0.3) is 5.65 Å². The minimum Gasteiger partial charge on any atom is -0.368 e. The lowest BCUT2D eigenvalue weighted by molar-refractivity contribution is 0.271. The van der Waals surface area contributed by atoms with Crippen molar-refractivity contribution in [3.05, 3.63) is 48.0 Å². The SMILES string of the molecule is CCN1CCN(c2ccc(Nc3cc(Cl)cn4ccnc34)nc2)CC1.